The third kappa shape index (κ3) is 5.17. The lowest BCUT2D eigenvalue weighted by atomic mass is 10.1. The van der Waals surface area contributed by atoms with Crippen molar-refractivity contribution in [3.8, 4) is 11.5 Å². The van der Waals surface area contributed by atoms with Crippen LogP contribution < -0.4 is 14.8 Å². The van der Waals surface area contributed by atoms with Crippen molar-refractivity contribution in [3.63, 3.8) is 0 Å². The van der Waals surface area contributed by atoms with Crippen LogP contribution in [0.4, 0.5) is 4.79 Å². The molecule has 1 unspecified atom stereocenters. The second-order valence-electron chi connectivity index (χ2n) is 5.10. The van der Waals surface area contributed by atoms with E-state index in [1.807, 2.05) is 30.3 Å². The second kappa shape index (κ2) is 8.79. The summed E-state index contributed by atoms with van der Waals surface area (Å²) in [6, 6.07) is 14.4. The van der Waals surface area contributed by atoms with Crippen molar-refractivity contribution < 1.29 is 24.1 Å². The summed E-state index contributed by atoms with van der Waals surface area (Å²) < 4.78 is 15.4. The predicted octanol–water partition coefficient (Wildman–Crippen LogP) is 2.66. The molecule has 0 saturated carbocycles. The number of rotatable bonds is 7. The number of carbonyl (C=O) groups is 1. The molecular weight excluding hydrogens is 310 g/mol. The summed E-state index contributed by atoms with van der Waals surface area (Å²) in [5.41, 5.74) is 1.47. The van der Waals surface area contributed by atoms with Gasteiger partial charge in [-0.25, -0.2) is 4.79 Å². The van der Waals surface area contributed by atoms with Gasteiger partial charge in [-0.3, -0.25) is 0 Å². The Morgan fingerprint density at radius 1 is 1.08 bits per heavy atom. The van der Waals surface area contributed by atoms with E-state index in [1.165, 1.54) is 14.2 Å². The summed E-state index contributed by atoms with van der Waals surface area (Å²) in [5.74, 6) is 1.13. The molecule has 2 N–H and O–H groups in total. The molecule has 2 rings (SSSR count). The number of hydrogen-bond donors (Lipinski definition) is 2. The second-order valence-corrected chi connectivity index (χ2v) is 5.10. The van der Waals surface area contributed by atoms with Crippen LogP contribution in [0.2, 0.25) is 0 Å². The maximum atomic E-state index is 11.7. The van der Waals surface area contributed by atoms with Crippen molar-refractivity contribution in [1.82, 2.24) is 5.32 Å². The number of hydrogen-bond acceptors (Lipinski definition) is 5. The summed E-state index contributed by atoms with van der Waals surface area (Å²) in [6.07, 6.45) is -1.49. The van der Waals surface area contributed by atoms with Crippen LogP contribution in [0.1, 0.15) is 17.2 Å². The van der Waals surface area contributed by atoms with Crippen LogP contribution in [0.15, 0.2) is 48.5 Å². The van der Waals surface area contributed by atoms with Crippen molar-refractivity contribution in [2.45, 2.75) is 12.7 Å². The number of amides is 1. The smallest absolute Gasteiger partial charge is 0.407 e. The minimum absolute atomic E-state index is 0.0178. The number of methoxy groups -OCH3 is 2. The first-order chi connectivity index (χ1) is 11.6. The first-order valence-electron chi connectivity index (χ1n) is 7.48. The minimum Gasteiger partial charge on any atom is -0.497 e. The van der Waals surface area contributed by atoms with E-state index in [0.29, 0.717) is 17.1 Å². The maximum Gasteiger partial charge on any atom is 0.407 e. The molecule has 0 spiro atoms. The molecule has 0 aliphatic heterocycles. The molecule has 24 heavy (non-hydrogen) atoms. The zero-order valence-electron chi connectivity index (χ0n) is 13.7. The predicted molar refractivity (Wildman–Crippen MR) is 89.1 cm³/mol. The van der Waals surface area contributed by atoms with Gasteiger partial charge in [0.2, 0.25) is 0 Å². The van der Waals surface area contributed by atoms with Gasteiger partial charge in [-0.05, 0) is 23.3 Å². The lowest BCUT2D eigenvalue weighted by molar-refractivity contribution is 0.126. The summed E-state index contributed by atoms with van der Waals surface area (Å²) >= 11 is 0. The molecule has 0 aliphatic carbocycles. The summed E-state index contributed by atoms with van der Waals surface area (Å²) in [6.45, 7) is 0.194. The van der Waals surface area contributed by atoms with Gasteiger partial charge >= 0.3 is 6.09 Å². The molecule has 0 saturated heterocycles. The highest BCUT2D eigenvalue weighted by molar-refractivity contribution is 5.67. The number of benzene rings is 2. The van der Waals surface area contributed by atoms with Gasteiger partial charge in [0, 0.05) is 6.07 Å². The highest BCUT2D eigenvalue weighted by Crippen LogP contribution is 2.26. The number of nitrogens with one attached hydrogen (secondary N) is 1. The number of aliphatic hydroxyl groups excluding tert-OH is 1. The number of ether oxygens (including phenoxy) is 3. The Hall–Kier alpha value is -2.73. The summed E-state index contributed by atoms with van der Waals surface area (Å²) in [4.78, 5) is 11.7. The lowest BCUT2D eigenvalue weighted by Gasteiger charge is -2.15. The highest BCUT2D eigenvalue weighted by atomic mass is 16.5. The Bertz CT molecular complexity index is 637. The van der Waals surface area contributed by atoms with E-state index < -0.39 is 12.2 Å². The Kier molecular flexibility index (Phi) is 6.45. The van der Waals surface area contributed by atoms with Gasteiger partial charge in [0.1, 0.15) is 18.1 Å². The van der Waals surface area contributed by atoms with E-state index in [9.17, 15) is 9.90 Å². The first-order valence-corrected chi connectivity index (χ1v) is 7.48. The lowest BCUT2D eigenvalue weighted by Crippen LogP contribution is -2.28. The van der Waals surface area contributed by atoms with E-state index in [0.717, 1.165) is 5.56 Å². The zero-order valence-corrected chi connectivity index (χ0v) is 13.7. The molecule has 0 bridgehead atoms. The molecule has 0 radical (unpaired) electrons. The fourth-order valence-corrected chi connectivity index (χ4v) is 2.09. The first kappa shape index (κ1) is 17.6. The average Bonchev–Trinajstić information content (AvgIpc) is 2.64. The molecule has 0 heterocycles. The van der Waals surface area contributed by atoms with E-state index in [1.54, 1.807) is 18.2 Å². The van der Waals surface area contributed by atoms with Gasteiger partial charge in [0.05, 0.1) is 26.9 Å². The van der Waals surface area contributed by atoms with Crippen LogP contribution in [0.25, 0.3) is 0 Å². The van der Waals surface area contributed by atoms with E-state index in [-0.39, 0.29) is 13.2 Å². The topological polar surface area (TPSA) is 77.0 Å². The highest BCUT2D eigenvalue weighted by Gasteiger charge is 2.13. The van der Waals surface area contributed by atoms with Gasteiger partial charge in [-0.15, -0.1) is 0 Å². The maximum absolute atomic E-state index is 11.7. The molecule has 6 nitrogen and oxygen atoms in total. The van der Waals surface area contributed by atoms with Crippen molar-refractivity contribution in [3.05, 3.63) is 59.7 Å². The Balaban J connectivity index is 1.86. The largest absolute Gasteiger partial charge is 0.497 e. The fraction of sp³-hybridized carbons (Fsp3) is 0.278. The van der Waals surface area contributed by atoms with Gasteiger partial charge < -0.3 is 24.6 Å². The molecule has 1 atom stereocenters. The Morgan fingerprint density at radius 2 is 1.71 bits per heavy atom. The summed E-state index contributed by atoms with van der Waals surface area (Å²) in [7, 11) is 3.06. The van der Waals surface area contributed by atoms with Gasteiger partial charge in [0.25, 0.3) is 0 Å². The minimum atomic E-state index is -0.904. The van der Waals surface area contributed by atoms with Crippen LogP contribution in [0.3, 0.4) is 0 Å². The van der Waals surface area contributed by atoms with Crippen molar-refractivity contribution in [2.75, 3.05) is 20.8 Å². The Labute approximate surface area is 141 Å². The van der Waals surface area contributed by atoms with Crippen LogP contribution in [-0.2, 0) is 11.3 Å². The molecule has 0 aromatic heterocycles. The Morgan fingerprint density at radius 3 is 2.29 bits per heavy atom. The van der Waals surface area contributed by atoms with Gasteiger partial charge in [-0.1, -0.05) is 30.3 Å². The van der Waals surface area contributed by atoms with Gasteiger partial charge in [-0.2, -0.15) is 0 Å². The third-order valence-electron chi connectivity index (χ3n) is 3.41. The quantitative estimate of drug-likeness (QED) is 0.816. The zero-order chi connectivity index (χ0) is 17.4. The molecule has 2 aromatic carbocycles. The molecule has 0 fully saturated rings. The van der Waals surface area contributed by atoms with Crippen molar-refractivity contribution in [1.29, 1.82) is 0 Å². The van der Waals surface area contributed by atoms with Gasteiger partial charge in [0.15, 0.2) is 0 Å². The average molecular weight is 331 g/mol. The summed E-state index contributed by atoms with van der Waals surface area (Å²) in [5, 5.41) is 12.7. The third-order valence-corrected chi connectivity index (χ3v) is 3.41. The van der Waals surface area contributed by atoms with E-state index in [2.05, 4.69) is 5.32 Å². The number of aliphatic hydroxyl groups is 1. The standard InChI is InChI=1S/C18H21NO5/c1-22-15-8-14(9-16(10-15)23-2)17(20)11-19-18(21)24-12-13-6-4-3-5-7-13/h3-10,17,20H,11-12H2,1-2H3,(H,19,21). The van der Waals surface area contributed by atoms with Crippen LogP contribution in [0.5, 0.6) is 11.5 Å². The van der Waals surface area contributed by atoms with Crippen LogP contribution in [0, 0.1) is 0 Å². The molecule has 0 aliphatic rings. The fourth-order valence-electron chi connectivity index (χ4n) is 2.09. The molecule has 6 heteroatoms. The van der Waals surface area contributed by atoms with E-state index >= 15 is 0 Å². The molecular formula is C18H21NO5. The van der Waals surface area contributed by atoms with Crippen molar-refractivity contribution >= 4 is 6.09 Å². The molecule has 2 aromatic rings. The van der Waals surface area contributed by atoms with E-state index in [4.69, 9.17) is 14.2 Å². The SMILES string of the molecule is COc1cc(OC)cc(C(O)CNC(=O)OCc2ccccc2)c1. The van der Waals surface area contributed by atoms with Crippen LogP contribution in [-0.4, -0.2) is 32.0 Å². The monoisotopic (exact) mass is 331 g/mol. The number of alkyl carbamates (subject to hydrolysis) is 1. The van der Waals surface area contributed by atoms with Crippen LogP contribution >= 0.6 is 0 Å². The van der Waals surface area contributed by atoms with Crippen molar-refractivity contribution in [2.24, 2.45) is 0 Å². The normalized spacial score (nSPS) is 11.5. The molecule has 1 amide bonds. The number of carbonyl (C=O) groups excluding carboxylic acids is 1. The molecule has 128 valence electrons.